The molecule has 2 saturated carbocycles. The molecule has 0 amide bonds. The molecule has 0 N–H and O–H groups in total. The average molecular weight is 497 g/mol. The lowest BCUT2D eigenvalue weighted by Gasteiger charge is -2.37. The summed E-state index contributed by atoms with van der Waals surface area (Å²) in [5, 5.41) is 0. The quantitative estimate of drug-likeness (QED) is 0.284. The van der Waals surface area contributed by atoms with Gasteiger partial charge in [0.1, 0.15) is 11.9 Å². The van der Waals surface area contributed by atoms with Crippen LogP contribution in [0, 0.1) is 25.7 Å². The van der Waals surface area contributed by atoms with E-state index in [9.17, 15) is 4.79 Å². The molecule has 0 aliphatic heterocycles. The normalized spacial score (nSPS) is 23.3. The second kappa shape index (κ2) is 16.4. The molecule has 0 saturated heterocycles. The van der Waals surface area contributed by atoms with Crippen LogP contribution < -0.4 is 4.74 Å². The Bertz CT molecular complexity index is 843. The van der Waals surface area contributed by atoms with Crippen LogP contribution in [-0.2, 0) is 9.47 Å². The monoisotopic (exact) mass is 496 g/mol. The molecule has 4 rings (SSSR count). The van der Waals surface area contributed by atoms with E-state index in [1.165, 1.54) is 31.2 Å². The molecule has 200 valence electrons. The first kappa shape index (κ1) is 29.9. The molecule has 0 bridgehead atoms. The molecule has 2 aliphatic rings. The van der Waals surface area contributed by atoms with Gasteiger partial charge in [-0.05, 0) is 101 Å². The van der Waals surface area contributed by atoms with Gasteiger partial charge in [-0.1, -0.05) is 63.1 Å². The van der Waals surface area contributed by atoms with Gasteiger partial charge in [-0.15, -0.1) is 0 Å². The fraction of sp³-hybridized carbons (Fsp3) is 0.594. The van der Waals surface area contributed by atoms with E-state index >= 15 is 0 Å². The predicted octanol–water partition coefficient (Wildman–Crippen LogP) is 8.68. The molecule has 36 heavy (non-hydrogen) atoms. The number of carbonyl (C=O) groups is 1. The summed E-state index contributed by atoms with van der Waals surface area (Å²) in [4.78, 5) is 12.4. The molecule has 0 heterocycles. The zero-order valence-corrected chi connectivity index (χ0v) is 23.4. The third kappa shape index (κ3) is 9.61. The standard InChI is InChI=1S/C28H36O4.2C2H6/c1-20-3-7-24(8-4-20)28(29)32-27-17-11-23(12-18-27)22-9-15-26(16-10-22)31-19-30-25-13-5-21(2)6-14-25;2*1-2/h3-8,13-14,22-23,26-27H,9-12,15-19H2,1-2H3;2*1-2H3. The second-order valence-corrected chi connectivity index (χ2v) is 9.59. The number of ether oxygens (including phenoxy) is 3. The van der Waals surface area contributed by atoms with Crippen LogP contribution in [0.1, 0.15) is 101 Å². The molecule has 4 nitrogen and oxygen atoms in total. The summed E-state index contributed by atoms with van der Waals surface area (Å²) < 4.78 is 17.5. The Balaban J connectivity index is 0.00000109. The first-order valence-electron chi connectivity index (χ1n) is 14.2. The lowest BCUT2D eigenvalue weighted by molar-refractivity contribution is -0.0603. The van der Waals surface area contributed by atoms with Gasteiger partial charge in [-0.2, -0.15) is 0 Å². The summed E-state index contributed by atoms with van der Waals surface area (Å²) in [5.74, 6) is 2.22. The Kier molecular flexibility index (Phi) is 13.6. The highest BCUT2D eigenvalue weighted by molar-refractivity contribution is 5.89. The molecule has 4 heteroatoms. The molecule has 2 aliphatic carbocycles. The Labute approximate surface area is 219 Å². The van der Waals surface area contributed by atoms with Gasteiger partial charge in [0.2, 0.25) is 0 Å². The Morgan fingerprint density at radius 1 is 0.667 bits per heavy atom. The van der Waals surface area contributed by atoms with Gasteiger partial charge in [0.25, 0.3) is 0 Å². The third-order valence-electron chi connectivity index (χ3n) is 7.22. The molecule has 2 aromatic rings. The van der Waals surface area contributed by atoms with E-state index in [2.05, 4.69) is 19.1 Å². The van der Waals surface area contributed by atoms with E-state index in [0.717, 1.165) is 48.8 Å². The van der Waals surface area contributed by atoms with Gasteiger partial charge in [0.15, 0.2) is 6.79 Å². The van der Waals surface area contributed by atoms with Gasteiger partial charge in [0.05, 0.1) is 11.7 Å². The number of hydrogen-bond acceptors (Lipinski definition) is 4. The smallest absolute Gasteiger partial charge is 0.338 e. The van der Waals surface area contributed by atoms with Crippen LogP contribution in [0.2, 0.25) is 0 Å². The maximum absolute atomic E-state index is 12.4. The SMILES string of the molecule is CC.CC.Cc1ccc(OCOC2CCC(C3CCC(OC(=O)c4ccc(C)cc4)CC3)CC2)cc1. The number of benzene rings is 2. The minimum absolute atomic E-state index is 0.0682. The van der Waals surface area contributed by atoms with Crippen LogP contribution in [0.5, 0.6) is 5.75 Å². The summed E-state index contributed by atoms with van der Waals surface area (Å²) >= 11 is 0. The van der Waals surface area contributed by atoms with Gasteiger partial charge in [-0.25, -0.2) is 4.79 Å². The summed E-state index contributed by atoms with van der Waals surface area (Å²) in [5.41, 5.74) is 3.04. The van der Waals surface area contributed by atoms with Crippen molar-refractivity contribution in [1.82, 2.24) is 0 Å². The molecule has 2 fully saturated rings. The zero-order chi connectivity index (χ0) is 26.3. The number of rotatable bonds is 7. The van der Waals surface area contributed by atoms with E-state index in [-0.39, 0.29) is 12.1 Å². The lowest BCUT2D eigenvalue weighted by Crippen LogP contribution is -2.31. The van der Waals surface area contributed by atoms with Crippen molar-refractivity contribution < 1.29 is 19.0 Å². The molecule has 0 unspecified atom stereocenters. The largest absolute Gasteiger partial charge is 0.468 e. The van der Waals surface area contributed by atoms with E-state index in [4.69, 9.17) is 14.2 Å². The summed E-state index contributed by atoms with van der Waals surface area (Å²) in [6.45, 7) is 12.4. The first-order chi connectivity index (χ1) is 17.6. The van der Waals surface area contributed by atoms with Crippen molar-refractivity contribution in [2.24, 2.45) is 11.8 Å². The van der Waals surface area contributed by atoms with Crippen molar-refractivity contribution in [3.05, 3.63) is 65.2 Å². The maximum Gasteiger partial charge on any atom is 0.338 e. The van der Waals surface area contributed by atoms with E-state index in [1.807, 2.05) is 71.0 Å². The van der Waals surface area contributed by atoms with Gasteiger partial charge < -0.3 is 14.2 Å². The van der Waals surface area contributed by atoms with Crippen molar-refractivity contribution >= 4 is 5.97 Å². The third-order valence-corrected chi connectivity index (χ3v) is 7.22. The fourth-order valence-electron chi connectivity index (χ4n) is 5.15. The van der Waals surface area contributed by atoms with Crippen molar-refractivity contribution in [3.8, 4) is 5.75 Å². The molecule has 0 radical (unpaired) electrons. The number of esters is 1. The minimum Gasteiger partial charge on any atom is -0.468 e. The van der Waals surface area contributed by atoms with Crippen molar-refractivity contribution in [1.29, 1.82) is 0 Å². The highest BCUT2D eigenvalue weighted by Gasteiger charge is 2.32. The van der Waals surface area contributed by atoms with Gasteiger partial charge >= 0.3 is 5.97 Å². The van der Waals surface area contributed by atoms with Crippen LogP contribution in [0.25, 0.3) is 0 Å². The lowest BCUT2D eigenvalue weighted by atomic mass is 9.72. The second-order valence-electron chi connectivity index (χ2n) is 9.59. The van der Waals surface area contributed by atoms with E-state index in [0.29, 0.717) is 18.5 Å². The summed E-state index contributed by atoms with van der Waals surface area (Å²) in [6.07, 6.45) is 9.38. The van der Waals surface area contributed by atoms with E-state index in [1.54, 1.807) is 0 Å². The Morgan fingerprint density at radius 2 is 1.11 bits per heavy atom. The molecular weight excluding hydrogens is 448 g/mol. The summed E-state index contributed by atoms with van der Waals surface area (Å²) in [7, 11) is 0. The van der Waals surface area contributed by atoms with E-state index < -0.39 is 0 Å². The minimum atomic E-state index is -0.182. The van der Waals surface area contributed by atoms with Crippen LogP contribution in [-0.4, -0.2) is 25.0 Å². The highest BCUT2D eigenvalue weighted by atomic mass is 16.7. The number of aryl methyl sites for hydroxylation is 2. The van der Waals surface area contributed by atoms with Crippen LogP contribution in [0.15, 0.2) is 48.5 Å². The average Bonchev–Trinajstić information content (AvgIpc) is 2.93. The van der Waals surface area contributed by atoms with Gasteiger partial charge in [0, 0.05) is 0 Å². The van der Waals surface area contributed by atoms with Crippen molar-refractivity contribution in [2.75, 3.05) is 6.79 Å². The van der Waals surface area contributed by atoms with Crippen LogP contribution >= 0.6 is 0 Å². The Morgan fingerprint density at radius 3 is 1.61 bits per heavy atom. The van der Waals surface area contributed by atoms with Crippen molar-refractivity contribution in [2.45, 2.75) is 105 Å². The van der Waals surface area contributed by atoms with Crippen LogP contribution in [0.4, 0.5) is 0 Å². The molecule has 0 spiro atoms. The number of carbonyl (C=O) groups excluding carboxylic acids is 1. The molecule has 0 aromatic heterocycles. The highest BCUT2D eigenvalue weighted by Crippen LogP contribution is 2.39. The summed E-state index contributed by atoms with van der Waals surface area (Å²) in [6, 6.07) is 15.7. The fourth-order valence-corrected chi connectivity index (χ4v) is 5.15. The maximum atomic E-state index is 12.4. The zero-order valence-electron chi connectivity index (χ0n) is 23.4. The van der Waals surface area contributed by atoms with Crippen molar-refractivity contribution in [3.63, 3.8) is 0 Å². The Hall–Kier alpha value is -2.33. The first-order valence-corrected chi connectivity index (χ1v) is 14.2. The topological polar surface area (TPSA) is 44.8 Å². The molecule has 2 aromatic carbocycles. The molecular formula is C32H48O4. The predicted molar refractivity (Wildman–Crippen MR) is 149 cm³/mol. The molecule has 0 atom stereocenters. The van der Waals surface area contributed by atoms with Gasteiger partial charge in [-0.3, -0.25) is 0 Å². The van der Waals surface area contributed by atoms with Crippen LogP contribution in [0.3, 0.4) is 0 Å². The number of hydrogen-bond donors (Lipinski definition) is 0.